The molecule has 0 radical (unpaired) electrons. The number of ether oxygens (including phenoxy) is 2. The molecule has 0 atom stereocenters. The fraction of sp³-hybridized carbons (Fsp3) is 0.214. The number of rotatable bonds is 1. The van der Waals surface area contributed by atoms with Crippen LogP contribution >= 0.6 is 24.0 Å². The molecule has 0 amide bonds. The first-order valence-electron chi connectivity index (χ1n) is 6.39. The van der Waals surface area contributed by atoms with Crippen LogP contribution in [0.4, 0.5) is 0 Å². The number of aromatic nitrogens is 4. The summed E-state index contributed by atoms with van der Waals surface area (Å²) in [7, 11) is 1.80. The lowest BCUT2D eigenvalue weighted by Gasteiger charge is -2.09. The maximum absolute atomic E-state index is 6.46. The first-order chi connectivity index (χ1) is 10.1. The Morgan fingerprint density at radius 1 is 1.23 bits per heavy atom. The summed E-state index contributed by atoms with van der Waals surface area (Å²) in [4.78, 5) is 4.61. The van der Waals surface area contributed by atoms with Gasteiger partial charge in [0.15, 0.2) is 11.5 Å². The Balaban J connectivity index is 0.00000144. The van der Waals surface area contributed by atoms with Crippen molar-refractivity contribution in [1.29, 1.82) is 0 Å². The fourth-order valence-corrected chi connectivity index (χ4v) is 2.66. The highest BCUT2D eigenvalue weighted by Crippen LogP contribution is 2.39. The second kappa shape index (κ2) is 5.30. The van der Waals surface area contributed by atoms with Gasteiger partial charge in [-0.05, 0) is 18.6 Å². The Labute approximate surface area is 137 Å². The standard InChI is InChI=1S/C14H11ClN4O2.ClH/c1-7-8-3-11-12(21-6-20-11)4-9(8)16-14(13(7)15)10-5-19(2)18-17-10;/h3-5H,6H2,1-2H3;1H. The first kappa shape index (κ1) is 14.9. The maximum Gasteiger partial charge on any atom is 0.231 e. The van der Waals surface area contributed by atoms with Crippen molar-refractivity contribution in [3.8, 4) is 22.9 Å². The molecule has 0 N–H and O–H groups in total. The van der Waals surface area contributed by atoms with Crippen LogP contribution in [0.3, 0.4) is 0 Å². The van der Waals surface area contributed by atoms with Gasteiger partial charge in [0.25, 0.3) is 0 Å². The molecule has 0 unspecified atom stereocenters. The molecule has 2 aromatic heterocycles. The lowest BCUT2D eigenvalue weighted by molar-refractivity contribution is 0.174. The zero-order valence-electron chi connectivity index (χ0n) is 11.8. The molecule has 114 valence electrons. The van der Waals surface area contributed by atoms with Gasteiger partial charge in [0.1, 0.15) is 11.4 Å². The Bertz CT molecular complexity index is 879. The van der Waals surface area contributed by atoms with Gasteiger partial charge in [-0.25, -0.2) is 4.98 Å². The minimum Gasteiger partial charge on any atom is -0.454 e. The average Bonchev–Trinajstić information content (AvgIpc) is 3.09. The summed E-state index contributed by atoms with van der Waals surface area (Å²) in [5.41, 5.74) is 2.99. The molecule has 0 saturated heterocycles. The first-order valence-corrected chi connectivity index (χ1v) is 6.77. The molecule has 0 aliphatic carbocycles. The molecule has 1 aromatic carbocycles. The monoisotopic (exact) mass is 338 g/mol. The van der Waals surface area contributed by atoms with Crippen LogP contribution in [0.25, 0.3) is 22.3 Å². The van der Waals surface area contributed by atoms with Crippen LogP contribution in [-0.2, 0) is 7.05 Å². The van der Waals surface area contributed by atoms with E-state index < -0.39 is 0 Å². The van der Waals surface area contributed by atoms with Crippen molar-refractivity contribution in [1.82, 2.24) is 20.0 Å². The van der Waals surface area contributed by atoms with Crippen LogP contribution in [-0.4, -0.2) is 26.8 Å². The summed E-state index contributed by atoms with van der Waals surface area (Å²) in [6.07, 6.45) is 1.78. The maximum atomic E-state index is 6.46. The third-order valence-corrected chi connectivity index (χ3v) is 3.97. The second-order valence-corrected chi connectivity index (χ2v) is 5.28. The van der Waals surface area contributed by atoms with Gasteiger partial charge in [-0.3, -0.25) is 4.68 Å². The molecule has 3 heterocycles. The third kappa shape index (κ3) is 2.15. The van der Waals surface area contributed by atoms with Crippen molar-refractivity contribution in [3.05, 3.63) is 28.9 Å². The smallest absolute Gasteiger partial charge is 0.231 e. The van der Waals surface area contributed by atoms with E-state index in [1.165, 1.54) is 0 Å². The Hall–Kier alpha value is -2.05. The Morgan fingerprint density at radius 2 is 1.95 bits per heavy atom. The van der Waals surface area contributed by atoms with Gasteiger partial charge in [-0.2, -0.15) is 0 Å². The molecular weight excluding hydrogens is 327 g/mol. The van der Waals surface area contributed by atoms with Crippen LogP contribution in [0.1, 0.15) is 5.56 Å². The van der Waals surface area contributed by atoms with Gasteiger partial charge in [-0.15, -0.1) is 17.5 Å². The number of hydrogen-bond acceptors (Lipinski definition) is 5. The van der Waals surface area contributed by atoms with Crippen molar-refractivity contribution >= 4 is 34.9 Å². The number of pyridine rings is 1. The molecule has 3 aromatic rings. The highest BCUT2D eigenvalue weighted by molar-refractivity contribution is 6.34. The van der Waals surface area contributed by atoms with E-state index in [0.717, 1.165) is 22.2 Å². The molecule has 0 spiro atoms. The van der Waals surface area contributed by atoms with Gasteiger partial charge >= 0.3 is 0 Å². The van der Waals surface area contributed by atoms with Crippen LogP contribution in [0.15, 0.2) is 18.3 Å². The molecule has 0 fully saturated rings. The molecular formula is C14H12Cl2N4O2. The minimum atomic E-state index is 0. The van der Waals surface area contributed by atoms with Crippen molar-refractivity contribution in [2.75, 3.05) is 6.79 Å². The number of nitrogens with zero attached hydrogens (tertiary/aromatic N) is 4. The average molecular weight is 339 g/mol. The number of fused-ring (bicyclic) bond motifs is 2. The van der Waals surface area contributed by atoms with Gasteiger partial charge < -0.3 is 9.47 Å². The number of halogens is 2. The molecule has 4 rings (SSSR count). The molecule has 1 aliphatic heterocycles. The zero-order chi connectivity index (χ0) is 14.6. The van der Waals surface area contributed by atoms with Crippen LogP contribution in [0, 0.1) is 6.92 Å². The van der Waals surface area contributed by atoms with Gasteiger partial charge in [0, 0.05) is 18.5 Å². The quantitative estimate of drug-likeness (QED) is 0.682. The van der Waals surface area contributed by atoms with E-state index in [0.29, 0.717) is 22.2 Å². The van der Waals surface area contributed by atoms with Crippen molar-refractivity contribution in [2.24, 2.45) is 7.05 Å². The van der Waals surface area contributed by atoms with E-state index >= 15 is 0 Å². The molecule has 22 heavy (non-hydrogen) atoms. The van der Waals surface area contributed by atoms with Crippen molar-refractivity contribution in [3.63, 3.8) is 0 Å². The van der Waals surface area contributed by atoms with Gasteiger partial charge in [0.05, 0.1) is 16.7 Å². The van der Waals surface area contributed by atoms with Gasteiger partial charge in [-0.1, -0.05) is 16.8 Å². The lowest BCUT2D eigenvalue weighted by atomic mass is 10.1. The van der Waals surface area contributed by atoms with E-state index in [1.54, 1.807) is 17.9 Å². The topological polar surface area (TPSA) is 62.1 Å². The number of aryl methyl sites for hydroxylation is 2. The predicted molar refractivity (Wildman–Crippen MR) is 84.9 cm³/mol. The van der Waals surface area contributed by atoms with E-state index in [9.17, 15) is 0 Å². The van der Waals surface area contributed by atoms with Crippen LogP contribution in [0.5, 0.6) is 11.5 Å². The van der Waals surface area contributed by atoms with Gasteiger partial charge in [0.2, 0.25) is 6.79 Å². The molecule has 0 saturated carbocycles. The summed E-state index contributed by atoms with van der Waals surface area (Å²) >= 11 is 6.46. The second-order valence-electron chi connectivity index (χ2n) is 4.90. The minimum absolute atomic E-state index is 0. The highest BCUT2D eigenvalue weighted by atomic mass is 35.5. The van der Waals surface area contributed by atoms with E-state index in [1.807, 2.05) is 19.1 Å². The largest absolute Gasteiger partial charge is 0.454 e. The summed E-state index contributed by atoms with van der Waals surface area (Å²) in [5, 5.41) is 9.52. The van der Waals surface area contributed by atoms with Crippen LogP contribution < -0.4 is 9.47 Å². The molecule has 8 heteroatoms. The summed E-state index contributed by atoms with van der Waals surface area (Å²) in [6, 6.07) is 3.77. The Kier molecular flexibility index (Phi) is 3.58. The van der Waals surface area contributed by atoms with E-state index in [2.05, 4.69) is 15.3 Å². The zero-order valence-corrected chi connectivity index (χ0v) is 13.4. The number of benzene rings is 1. The summed E-state index contributed by atoms with van der Waals surface area (Å²) in [6.45, 7) is 2.18. The van der Waals surface area contributed by atoms with E-state index in [-0.39, 0.29) is 19.2 Å². The van der Waals surface area contributed by atoms with Crippen molar-refractivity contribution in [2.45, 2.75) is 6.92 Å². The fourth-order valence-electron chi connectivity index (χ4n) is 2.42. The molecule has 0 bridgehead atoms. The normalized spacial score (nSPS) is 12.5. The highest BCUT2D eigenvalue weighted by Gasteiger charge is 2.19. The van der Waals surface area contributed by atoms with Crippen molar-refractivity contribution < 1.29 is 9.47 Å². The van der Waals surface area contributed by atoms with Crippen LogP contribution in [0.2, 0.25) is 5.02 Å². The predicted octanol–water partition coefficient (Wildman–Crippen LogP) is 3.14. The molecule has 1 aliphatic rings. The Morgan fingerprint density at radius 3 is 2.64 bits per heavy atom. The number of hydrogen-bond donors (Lipinski definition) is 0. The summed E-state index contributed by atoms with van der Waals surface area (Å²) in [5.74, 6) is 1.41. The third-order valence-electron chi connectivity index (χ3n) is 3.51. The molecule has 6 nitrogen and oxygen atoms in total. The lowest BCUT2D eigenvalue weighted by Crippen LogP contribution is -1.92. The van der Waals surface area contributed by atoms with E-state index in [4.69, 9.17) is 21.1 Å². The SMILES string of the molecule is Cc1c(Cl)c(-c2cn(C)nn2)nc2cc3c(cc12)OCO3.Cl. The summed E-state index contributed by atoms with van der Waals surface area (Å²) < 4.78 is 12.4.